The van der Waals surface area contributed by atoms with Crippen LogP contribution in [0.5, 0.6) is 11.5 Å². The highest BCUT2D eigenvalue weighted by Crippen LogP contribution is 2.39. The number of carbonyl (C=O) groups excluding carboxylic acids is 1. The predicted octanol–water partition coefficient (Wildman–Crippen LogP) is 3.97. The molecule has 2 aromatic carbocycles. The number of hydrogen-bond donors (Lipinski definition) is 1. The topological polar surface area (TPSA) is 60.0 Å². The standard InChI is InChI=1S/C27H36N2O4/c1-31-24-10-8-21(18-25(24)32-2)9-11-26(30)28-19-23-12-13-27(33-23)14-16-29(17-15-27)20-22-6-4-3-5-7-22/h3-8,10,18,23H,9,11-17,19-20H2,1-2H3,(H,28,30)/t23-/m1/s1. The first kappa shape index (κ1) is 23.6. The number of aryl methyl sites for hydroxylation is 1. The fourth-order valence-electron chi connectivity index (χ4n) is 4.98. The van der Waals surface area contributed by atoms with E-state index in [4.69, 9.17) is 14.2 Å². The third-order valence-corrected chi connectivity index (χ3v) is 6.97. The van der Waals surface area contributed by atoms with E-state index in [1.807, 2.05) is 18.2 Å². The van der Waals surface area contributed by atoms with Crippen LogP contribution in [0.2, 0.25) is 0 Å². The van der Waals surface area contributed by atoms with Gasteiger partial charge in [-0.05, 0) is 55.4 Å². The Kier molecular flexibility index (Phi) is 7.89. The Morgan fingerprint density at radius 3 is 2.52 bits per heavy atom. The SMILES string of the molecule is COc1ccc(CCC(=O)NC[C@H]2CCC3(CCN(Cc4ccccc4)CC3)O2)cc1OC. The van der Waals surface area contributed by atoms with Crippen LogP contribution in [-0.4, -0.2) is 56.4 Å². The van der Waals surface area contributed by atoms with E-state index in [1.165, 1.54) is 5.56 Å². The fraction of sp³-hybridized carbons (Fsp3) is 0.519. The Hall–Kier alpha value is -2.57. The quantitative estimate of drug-likeness (QED) is 0.624. The summed E-state index contributed by atoms with van der Waals surface area (Å²) < 4.78 is 17.1. The molecular weight excluding hydrogens is 416 g/mol. The number of rotatable bonds is 9. The summed E-state index contributed by atoms with van der Waals surface area (Å²) in [5.74, 6) is 1.45. The van der Waals surface area contributed by atoms with E-state index in [2.05, 4.69) is 40.5 Å². The number of ether oxygens (including phenoxy) is 3. The first-order valence-corrected chi connectivity index (χ1v) is 12.0. The molecule has 0 saturated carbocycles. The van der Waals surface area contributed by atoms with Crippen LogP contribution < -0.4 is 14.8 Å². The lowest BCUT2D eigenvalue weighted by molar-refractivity contribution is -0.122. The highest BCUT2D eigenvalue weighted by Gasteiger charge is 2.42. The average Bonchev–Trinajstić information content (AvgIpc) is 3.26. The second-order valence-electron chi connectivity index (χ2n) is 9.22. The highest BCUT2D eigenvalue weighted by molar-refractivity contribution is 5.76. The van der Waals surface area contributed by atoms with Crippen LogP contribution in [-0.2, 0) is 22.5 Å². The van der Waals surface area contributed by atoms with Crippen LogP contribution in [0.25, 0.3) is 0 Å². The van der Waals surface area contributed by atoms with Crippen molar-refractivity contribution >= 4 is 5.91 Å². The molecule has 4 rings (SSSR count). The zero-order valence-electron chi connectivity index (χ0n) is 19.8. The zero-order chi connectivity index (χ0) is 23.1. The molecule has 6 nitrogen and oxygen atoms in total. The average molecular weight is 453 g/mol. The third kappa shape index (κ3) is 6.27. The molecule has 2 fully saturated rings. The molecule has 2 saturated heterocycles. The van der Waals surface area contributed by atoms with E-state index < -0.39 is 0 Å². The molecule has 33 heavy (non-hydrogen) atoms. The van der Waals surface area contributed by atoms with Crippen LogP contribution >= 0.6 is 0 Å². The van der Waals surface area contributed by atoms with Crippen molar-refractivity contribution in [3.8, 4) is 11.5 Å². The number of hydrogen-bond acceptors (Lipinski definition) is 5. The van der Waals surface area contributed by atoms with Gasteiger partial charge in [0.2, 0.25) is 5.91 Å². The monoisotopic (exact) mass is 452 g/mol. The van der Waals surface area contributed by atoms with Crippen molar-refractivity contribution in [2.24, 2.45) is 0 Å². The second-order valence-corrected chi connectivity index (χ2v) is 9.22. The summed E-state index contributed by atoms with van der Waals surface area (Å²) in [7, 11) is 3.24. The van der Waals surface area contributed by atoms with Crippen molar-refractivity contribution in [3.63, 3.8) is 0 Å². The maximum atomic E-state index is 12.4. The van der Waals surface area contributed by atoms with E-state index in [1.54, 1.807) is 14.2 Å². The Balaban J connectivity index is 1.17. The number of benzene rings is 2. The van der Waals surface area contributed by atoms with Crippen molar-refractivity contribution in [2.45, 2.75) is 56.8 Å². The summed E-state index contributed by atoms with van der Waals surface area (Å²) in [5.41, 5.74) is 2.43. The zero-order valence-corrected chi connectivity index (χ0v) is 19.8. The molecule has 6 heteroatoms. The van der Waals surface area contributed by atoms with E-state index in [9.17, 15) is 4.79 Å². The molecule has 1 amide bonds. The molecule has 0 aliphatic carbocycles. The predicted molar refractivity (Wildman–Crippen MR) is 129 cm³/mol. The molecule has 1 spiro atoms. The van der Waals surface area contributed by atoms with Crippen molar-refractivity contribution in [2.75, 3.05) is 33.9 Å². The number of methoxy groups -OCH3 is 2. The molecule has 1 atom stereocenters. The number of likely N-dealkylation sites (tertiary alicyclic amines) is 1. The molecule has 2 heterocycles. The van der Waals surface area contributed by atoms with E-state index in [0.29, 0.717) is 30.9 Å². The minimum atomic E-state index is 0.00221. The van der Waals surface area contributed by atoms with Crippen LogP contribution in [0.3, 0.4) is 0 Å². The number of carbonyl (C=O) groups is 1. The van der Waals surface area contributed by atoms with Gasteiger partial charge in [-0.2, -0.15) is 0 Å². The van der Waals surface area contributed by atoms with E-state index in [-0.39, 0.29) is 17.6 Å². The first-order chi connectivity index (χ1) is 16.1. The highest BCUT2D eigenvalue weighted by atomic mass is 16.5. The number of nitrogens with zero attached hydrogens (tertiary/aromatic N) is 1. The maximum absolute atomic E-state index is 12.4. The van der Waals surface area contributed by atoms with E-state index in [0.717, 1.165) is 50.9 Å². The number of nitrogens with one attached hydrogen (secondary N) is 1. The van der Waals surface area contributed by atoms with Crippen molar-refractivity contribution < 1.29 is 19.0 Å². The molecule has 178 valence electrons. The summed E-state index contributed by atoms with van der Waals surface area (Å²) in [4.78, 5) is 14.9. The summed E-state index contributed by atoms with van der Waals surface area (Å²) in [6.07, 6.45) is 5.50. The Morgan fingerprint density at radius 1 is 1.03 bits per heavy atom. The van der Waals surface area contributed by atoms with Crippen LogP contribution in [0.15, 0.2) is 48.5 Å². The van der Waals surface area contributed by atoms with E-state index >= 15 is 0 Å². The lowest BCUT2D eigenvalue weighted by Crippen LogP contribution is -2.44. The van der Waals surface area contributed by atoms with Gasteiger partial charge < -0.3 is 19.5 Å². The molecule has 2 aromatic rings. The number of piperidine rings is 1. The van der Waals surface area contributed by atoms with Gasteiger partial charge in [0, 0.05) is 32.6 Å². The van der Waals surface area contributed by atoms with Gasteiger partial charge in [0.05, 0.1) is 25.9 Å². The van der Waals surface area contributed by atoms with Crippen molar-refractivity contribution in [3.05, 3.63) is 59.7 Å². The van der Waals surface area contributed by atoms with Gasteiger partial charge in [-0.25, -0.2) is 0 Å². The molecule has 0 unspecified atom stereocenters. The van der Waals surface area contributed by atoms with Gasteiger partial charge in [-0.1, -0.05) is 36.4 Å². The molecule has 0 aromatic heterocycles. The molecular formula is C27H36N2O4. The molecule has 0 radical (unpaired) electrons. The minimum Gasteiger partial charge on any atom is -0.493 e. The smallest absolute Gasteiger partial charge is 0.220 e. The first-order valence-electron chi connectivity index (χ1n) is 12.0. The van der Waals surface area contributed by atoms with Crippen LogP contribution in [0, 0.1) is 0 Å². The Bertz CT molecular complexity index is 910. The lowest BCUT2D eigenvalue weighted by Gasteiger charge is -2.39. The maximum Gasteiger partial charge on any atom is 0.220 e. The molecule has 2 aliphatic heterocycles. The van der Waals surface area contributed by atoms with Gasteiger partial charge in [-0.3, -0.25) is 9.69 Å². The largest absolute Gasteiger partial charge is 0.493 e. The van der Waals surface area contributed by atoms with Crippen molar-refractivity contribution in [1.29, 1.82) is 0 Å². The van der Waals surface area contributed by atoms with Gasteiger partial charge in [0.1, 0.15) is 0 Å². The Morgan fingerprint density at radius 2 is 1.79 bits per heavy atom. The van der Waals surface area contributed by atoms with Crippen LogP contribution in [0.1, 0.15) is 43.2 Å². The molecule has 0 bridgehead atoms. The normalized spacial score (nSPS) is 20.0. The third-order valence-electron chi connectivity index (χ3n) is 6.97. The van der Waals surface area contributed by atoms with Gasteiger partial charge in [0.15, 0.2) is 11.5 Å². The number of amides is 1. The molecule has 2 aliphatic rings. The second kappa shape index (κ2) is 11.0. The summed E-state index contributed by atoms with van der Waals surface area (Å²) in [6, 6.07) is 16.4. The van der Waals surface area contributed by atoms with Gasteiger partial charge >= 0.3 is 0 Å². The lowest BCUT2D eigenvalue weighted by atomic mass is 9.88. The summed E-state index contributed by atoms with van der Waals surface area (Å²) >= 11 is 0. The van der Waals surface area contributed by atoms with Gasteiger partial charge in [0.25, 0.3) is 0 Å². The minimum absolute atomic E-state index is 0.00221. The summed E-state index contributed by atoms with van der Waals surface area (Å²) in [5, 5.41) is 3.08. The Labute approximate surface area is 197 Å². The van der Waals surface area contributed by atoms with Crippen LogP contribution in [0.4, 0.5) is 0 Å². The summed E-state index contributed by atoms with van der Waals surface area (Å²) in [6.45, 7) is 3.75. The fourth-order valence-corrected chi connectivity index (χ4v) is 4.98. The van der Waals surface area contributed by atoms with Crippen molar-refractivity contribution in [1.82, 2.24) is 10.2 Å². The van der Waals surface area contributed by atoms with Gasteiger partial charge in [-0.15, -0.1) is 0 Å². The molecule has 1 N–H and O–H groups in total.